The molecule has 0 saturated carbocycles. The fourth-order valence-electron chi connectivity index (χ4n) is 1.12. The number of piperidine rings is 1. The average Bonchev–Trinajstić information content (AvgIpc) is 2.03. The Hall–Kier alpha value is -0.520. The minimum absolute atomic E-state index is 1.11. The van der Waals surface area contributed by atoms with Crippen molar-refractivity contribution >= 4 is 0 Å². The Morgan fingerprint density at radius 1 is 1.50 bits per heavy atom. The molecular formula is C9H15N. The zero-order valence-corrected chi connectivity index (χ0v) is 6.61. The van der Waals surface area contributed by atoms with Crippen LogP contribution in [0.5, 0.6) is 0 Å². The van der Waals surface area contributed by atoms with Crippen LogP contribution >= 0.6 is 0 Å². The highest BCUT2D eigenvalue weighted by molar-refractivity contribution is 5.04. The lowest BCUT2D eigenvalue weighted by Crippen LogP contribution is -2.22. The first-order valence-corrected chi connectivity index (χ1v) is 4.07. The zero-order chi connectivity index (χ0) is 7.23. The maximum absolute atomic E-state index is 3.32. The van der Waals surface area contributed by atoms with E-state index in [0.717, 1.165) is 19.5 Å². The highest BCUT2D eigenvalue weighted by Gasteiger charge is 2.01. The van der Waals surface area contributed by atoms with Crippen LogP contribution < -0.4 is 5.32 Å². The molecule has 1 rings (SSSR count). The summed E-state index contributed by atoms with van der Waals surface area (Å²) in [6.07, 6.45) is 5.62. The molecule has 10 heavy (non-hydrogen) atoms. The van der Waals surface area contributed by atoms with Crippen molar-refractivity contribution in [2.45, 2.75) is 26.2 Å². The van der Waals surface area contributed by atoms with Gasteiger partial charge in [-0.3, -0.25) is 0 Å². The van der Waals surface area contributed by atoms with E-state index in [0.29, 0.717) is 0 Å². The summed E-state index contributed by atoms with van der Waals surface area (Å²) in [5.74, 6) is 0. The third-order valence-electron chi connectivity index (χ3n) is 1.72. The second-order valence-electron chi connectivity index (χ2n) is 2.61. The highest BCUT2D eigenvalue weighted by Crippen LogP contribution is 2.07. The lowest BCUT2D eigenvalue weighted by Gasteiger charge is -2.12. The first kappa shape index (κ1) is 7.59. The van der Waals surface area contributed by atoms with Crippen molar-refractivity contribution in [3.05, 3.63) is 17.4 Å². The van der Waals surface area contributed by atoms with Gasteiger partial charge in [0.25, 0.3) is 0 Å². The van der Waals surface area contributed by atoms with Crippen molar-refractivity contribution in [2.24, 2.45) is 0 Å². The molecule has 0 aliphatic carbocycles. The fourth-order valence-corrected chi connectivity index (χ4v) is 1.12. The summed E-state index contributed by atoms with van der Waals surface area (Å²) in [4.78, 5) is 0. The van der Waals surface area contributed by atoms with Crippen molar-refractivity contribution in [1.82, 2.24) is 5.32 Å². The Balaban J connectivity index is 2.45. The van der Waals surface area contributed by atoms with Crippen LogP contribution in [0.1, 0.15) is 26.2 Å². The van der Waals surface area contributed by atoms with E-state index in [-0.39, 0.29) is 0 Å². The van der Waals surface area contributed by atoms with Gasteiger partial charge in [0, 0.05) is 0 Å². The van der Waals surface area contributed by atoms with Crippen molar-refractivity contribution in [1.29, 1.82) is 0 Å². The van der Waals surface area contributed by atoms with Crippen LogP contribution in [-0.2, 0) is 0 Å². The summed E-state index contributed by atoms with van der Waals surface area (Å²) in [7, 11) is 0. The molecule has 0 atom stereocenters. The molecule has 1 nitrogen and oxygen atoms in total. The predicted octanol–water partition coefficient (Wildman–Crippen LogP) is 1.86. The Morgan fingerprint density at radius 2 is 2.20 bits per heavy atom. The molecule has 0 aromatic rings. The van der Waals surface area contributed by atoms with Crippen molar-refractivity contribution < 1.29 is 0 Å². The van der Waals surface area contributed by atoms with Crippen molar-refractivity contribution in [3.63, 3.8) is 0 Å². The van der Waals surface area contributed by atoms with Gasteiger partial charge in [0.2, 0.25) is 0 Å². The topological polar surface area (TPSA) is 12.0 Å². The molecule has 0 unspecified atom stereocenters. The molecule has 56 valence electrons. The van der Waals surface area contributed by atoms with Gasteiger partial charge < -0.3 is 5.32 Å². The summed E-state index contributed by atoms with van der Waals surface area (Å²) in [5, 5.41) is 3.32. The molecule has 0 radical (unpaired) electrons. The van der Waals surface area contributed by atoms with E-state index >= 15 is 0 Å². The summed E-state index contributed by atoms with van der Waals surface area (Å²) < 4.78 is 0. The number of nitrogens with one attached hydrogen (secondary N) is 1. The van der Waals surface area contributed by atoms with Crippen molar-refractivity contribution in [3.8, 4) is 0 Å². The Bertz CT molecular complexity index is 144. The van der Waals surface area contributed by atoms with Crippen LogP contribution in [0.4, 0.5) is 0 Å². The van der Waals surface area contributed by atoms with Crippen molar-refractivity contribution in [2.75, 3.05) is 13.1 Å². The van der Waals surface area contributed by atoms with Gasteiger partial charge >= 0.3 is 0 Å². The SMILES string of the molecule is CCC=C=C1CCNCC1. The maximum Gasteiger partial charge on any atom is -0.000533 e. The maximum atomic E-state index is 3.32. The van der Waals surface area contributed by atoms with Gasteiger partial charge in [0.15, 0.2) is 0 Å². The molecule has 1 aliphatic rings. The van der Waals surface area contributed by atoms with Crippen LogP contribution in [0.3, 0.4) is 0 Å². The Morgan fingerprint density at radius 3 is 2.80 bits per heavy atom. The van der Waals surface area contributed by atoms with E-state index < -0.39 is 0 Å². The summed E-state index contributed by atoms with van der Waals surface area (Å²) in [6, 6.07) is 0. The molecule has 0 amide bonds. The molecule has 1 fully saturated rings. The van der Waals surface area contributed by atoms with E-state index in [1.165, 1.54) is 18.4 Å². The predicted molar refractivity (Wildman–Crippen MR) is 44.0 cm³/mol. The molecule has 1 heteroatoms. The summed E-state index contributed by atoms with van der Waals surface area (Å²) in [5.41, 5.74) is 4.81. The van der Waals surface area contributed by atoms with Crippen LogP contribution in [-0.4, -0.2) is 13.1 Å². The van der Waals surface area contributed by atoms with Gasteiger partial charge in [-0.1, -0.05) is 6.92 Å². The highest BCUT2D eigenvalue weighted by atomic mass is 14.9. The summed E-state index contributed by atoms with van der Waals surface area (Å²) >= 11 is 0. The first-order chi connectivity index (χ1) is 4.93. The molecule has 1 aliphatic heterocycles. The van der Waals surface area contributed by atoms with E-state index in [4.69, 9.17) is 0 Å². The minimum Gasteiger partial charge on any atom is -0.316 e. The van der Waals surface area contributed by atoms with Gasteiger partial charge in [-0.25, -0.2) is 0 Å². The Labute approximate surface area is 62.8 Å². The lowest BCUT2D eigenvalue weighted by molar-refractivity contribution is 0.611. The third kappa shape index (κ3) is 2.38. The number of hydrogen-bond donors (Lipinski definition) is 1. The smallest absolute Gasteiger partial charge is 0.000533 e. The second-order valence-corrected chi connectivity index (χ2v) is 2.61. The molecule has 0 aromatic carbocycles. The van der Waals surface area contributed by atoms with Gasteiger partial charge in [-0.2, -0.15) is 0 Å². The van der Waals surface area contributed by atoms with E-state index in [2.05, 4.69) is 24.0 Å². The Kier molecular flexibility index (Phi) is 3.28. The molecular weight excluding hydrogens is 122 g/mol. The third-order valence-corrected chi connectivity index (χ3v) is 1.72. The fraction of sp³-hybridized carbons (Fsp3) is 0.667. The standard InChI is InChI=1S/C9H15N/c1-2-3-4-9-5-7-10-8-6-9/h3,10H,2,5-8H2,1H3. The van der Waals surface area contributed by atoms with E-state index in [9.17, 15) is 0 Å². The number of rotatable bonds is 1. The van der Waals surface area contributed by atoms with Gasteiger partial charge in [-0.15, -0.1) is 5.73 Å². The molecule has 0 spiro atoms. The van der Waals surface area contributed by atoms with Crippen LogP contribution in [0.15, 0.2) is 17.4 Å². The van der Waals surface area contributed by atoms with Gasteiger partial charge in [0.1, 0.15) is 0 Å². The largest absolute Gasteiger partial charge is 0.316 e. The quantitative estimate of drug-likeness (QED) is 0.544. The summed E-state index contributed by atoms with van der Waals surface area (Å²) in [6.45, 7) is 4.43. The normalized spacial score (nSPS) is 18.3. The molecule has 0 aromatic heterocycles. The molecule has 1 saturated heterocycles. The average molecular weight is 137 g/mol. The monoisotopic (exact) mass is 137 g/mol. The van der Waals surface area contributed by atoms with Gasteiger partial charge in [-0.05, 0) is 44.0 Å². The van der Waals surface area contributed by atoms with Crippen LogP contribution in [0.25, 0.3) is 0 Å². The molecule has 1 N–H and O–H groups in total. The van der Waals surface area contributed by atoms with E-state index in [1.54, 1.807) is 0 Å². The van der Waals surface area contributed by atoms with Crippen LogP contribution in [0.2, 0.25) is 0 Å². The number of hydrogen-bond acceptors (Lipinski definition) is 1. The molecule has 0 bridgehead atoms. The lowest BCUT2D eigenvalue weighted by atomic mass is 10.1. The first-order valence-electron chi connectivity index (χ1n) is 4.07. The second kappa shape index (κ2) is 4.32. The van der Waals surface area contributed by atoms with Gasteiger partial charge in [0.05, 0.1) is 0 Å². The van der Waals surface area contributed by atoms with E-state index in [1.807, 2.05) is 0 Å². The van der Waals surface area contributed by atoms with Crippen LogP contribution in [0, 0.1) is 0 Å². The molecule has 1 heterocycles. The minimum atomic E-state index is 1.11. The zero-order valence-electron chi connectivity index (χ0n) is 6.61.